The van der Waals surface area contributed by atoms with Crippen molar-refractivity contribution in [3.8, 4) is 5.69 Å². The van der Waals surface area contributed by atoms with Crippen molar-refractivity contribution >= 4 is 22.0 Å². The fourth-order valence-corrected chi connectivity index (χ4v) is 3.56. The third-order valence-electron chi connectivity index (χ3n) is 4.39. The van der Waals surface area contributed by atoms with Crippen LogP contribution in [0.5, 0.6) is 0 Å². The molecule has 1 aliphatic carbocycles. The molecule has 7 nitrogen and oxygen atoms in total. The van der Waals surface area contributed by atoms with Crippen molar-refractivity contribution in [2.24, 2.45) is 5.92 Å². The van der Waals surface area contributed by atoms with E-state index in [0.29, 0.717) is 16.7 Å². The normalized spacial score (nSPS) is 14.9. The predicted octanol–water partition coefficient (Wildman–Crippen LogP) is 2.72. The van der Waals surface area contributed by atoms with Gasteiger partial charge in [-0.1, -0.05) is 37.8 Å². The van der Waals surface area contributed by atoms with E-state index in [-0.39, 0.29) is 0 Å². The number of tetrazole rings is 1. The maximum atomic E-state index is 12.3. The molecule has 128 valence electrons. The number of para-hydroxylation sites is 1. The highest BCUT2D eigenvalue weighted by molar-refractivity contribution is 9.10. The molecular formula is C16H20BrN5O2. The summed E-state index contributed by atoms with van der Waals surface area (Å²) in [6.07, 6.45) is 7.29. The molecule has 3 rings (SSSR count). The average molecular weight is 394 g/mol. The summed E-state index contributed by atoms with van der Waals surface area (Å²) in [4.78, 5) is 24.4. The number of hydrogen-bond donors (Lipinski definition) is 1. The summed E-state index contributed by atoms with van der Waals surface area (Å²) in [6.45, 7) is 0.545. The zero-order valence-corrected chi connectivity index (χ0v) is 14.9. The minimum Gasteiger partial charge on any atom is -0.336 e. The molecule has 1 saturated carbocycles. The number of hydrogen-bond acceptors (Lipinski definition) is 4. The first kappa shape index (κ1) is 16.9. The van der Waals surface area contributed by atoms with E-state index in [9.17, 15) is 9.59 Å². The summed E-state index contributed by atoms with van der Waals surface area (Å²) in [5.41, 5.74) is -0.0435. The van der Waals surface area contributed by atoms with Crippen LogP contribution in [0, 0.1) is 5.92 Å². The summed E-state index contributed by atoms with van der Waals surface area (Å²) in [7, 11) is 0. The van der Waals surface area contributed by atoms with E-state index in [0.717, 1.165) is 28.1 Å². The number of halogens is 1. The molecule has 0 unspecified atom stereocenters. The number of rotatable bonds is 5. The Morgan fingerprint density at radius 2 is 2.00 bits per heavy atom. The first-order valence-corrected chi connectivity index (χ1v) is 9.04. The lowest BCUT2D eigenvalue weighted by molar-refractivity contribution is 0.237. The molecule has 1 fully saturated rings. The summed E-state index contributed by atoms with van der Waals surface area (Å²) in [5, 5.41) is 10.2. The molecule has 0 saturated heterocycles. The van der Waals surface area contributed by atoms with Crippen molar-refractivity contribution in [1.29, 1.82) is 0 Å². The highest BCUT2D eigenvalue weighted by Crippen LogP contribution is 2.28. The summed E-state index contributed by atoms with van der Waals surface area (Å²) >= 11 is 3.36. The van der Waals surface area contributed by atoms with Crippen LogP contribution in [0.25, 0.3) is 5.69 Å². The zero-order valence-electron chi connectivity index (χ0n) is 13.3. The Kier molecular flexibility index (Phi) is 5.44. The Labute approximate surface area is 148 Å². The second-order valence-electron chi connectivity index (χ2n) is 6.06. The second-order valence-corrected chi connectivity index (χ2v) is 6.92. The highest BCUT2D eigenvalue weighted by atomic mass is 79.9. The van der Waals surface area contributed by atoms with Crippen molar-refractivity contribution in [3.63, 3.8) is 0 Å². The molecule has 0 aliphatic heterocycles. The van der Waals surface area contributed by atoms with Crippen LogP contribution in [-0.4, -0.2) is 32.4 Å². The van der Waals surface area contributed by atoms with Gasteiger partial charge in [0.05, 0.1) is 5.69 Å². The minimum atomic E-state index is -0.588. The molecule has 24 heavy (non-hydrogen) atoms. The first-order chi connectivity index (χ1) is 11.7. The quantitative estimate of drug-likeness (QED) is 0.625. The van der Waals surface area contributed by atoms with Gasteiger partial charge in [-0.3, -0.25) is 0 Å². The number of amides is 1. The van der Waals surface area contributed by atoms with Gasteiger partial charge in [0.15, 0.2) is 0 Å². The molecule has 0 bridgehead atoms. The van der Waals surface area contributed by atoms with Crippen molar-refractivity contribution < 1.29 is 4.79 Å². The van der Waals surface area contributed by atoms with Gasteiger partial charge in [-0.2, -0.15) is 4.68 Å². The number of benzene rings is 1. The van der Waals surface area contributed by atoms with Gasteiger partial charge in [0.25, 0.3) is 0 Å². The molecule has 1 amide bonds. The Bertz CT molecular complexity index is 764. The molecule has 1 aromatic heterocycles. The molecule has 1 heterocycles. The maximum absolute atomic E-state index is 12.3. The average Bonchev–Trinajstić information content (AvgIpc) is 3.22. The van der Waals surface area contributed by atoms with E-state index >= 15 is 0 Å². The fraction of sp³-hybridized carbons (Fsp3) is 0.500. The van der Waals surface area contributed by atoms with Crippen molar-refractivity contribution in [3.05, 3.63) is 39.2 Å². The van der Waals surface area contributed by atoms with E-state index in [2.05, 4.69) is 31.7 Å². The van der Waals surface area contributed by atoms with Crippen LogP contribution in [0.15, 0.2) is 33.5 Å². The number of nitrogens with zero attached hydrogens (tertiary/aromatic N) is 4. The van der Waals surface area contributed by atoms with Crippen molar-refractivity contribution in [2.75, 3.05) is 6.54 Å². The molecule has 2 aromatic rings. The van der Waals surface area contributed by atoms with Gasteiger partial charge >= 0.3 is 11.7 Å². The van der Waals surface area contributed by atoms with Gasteiger partial charge in [0, 0.05) is 11.0 Å². The lowest BCUT2D eigenvalue weighted by atomic mass is 10.0. The van der Waals surface area contributed by atoms with Crippen molar-refractivity contribution in [2.45, 2.75) is 38.5 Å². The van der Waals surface area contributed by atoms with E-state index in [1.807, 2.05) is 6.07 Å². The monoisotopic (exact) mass is 393 g/mol. The third-order valence-corrected chi connectivity index (χ3v) is 5.06. The third kappa shape index (κ3) is 3.75. The van der Waals surface area contributed by atoms with Crippen LogP contribution < -0.4 is 11.0 Å². The van der Waals surface area contributed by atoms with Crippen LogP contribution in [0.4, 0.5) is 4.79 Å². The van der Waals surface area contributed by atoms with Crippen LogP contribution in [0.3, 0.4) is 0 Å². The van der Waals surface area contributed by atoms with E-state index in [4.69, 9.17) is 0 Å². The molecular weight excluding hydrogens is 374 g/mol. The van der Waals surface area contributed by atoms with E-state index < -0.39 is 11.7 Å². The van der Waals surface area contributed by atoms with Gasteiger partial charge < -0.3 is 5.32 Å². The van der Waals surface area contributed by atoms with Crippen LogP contribution in [0.2, 0.25) is 0 Å². The highest BCUT2D eigenvalue weighted by Gasteiger charge is 2.17. The van der Waals surface area contributed by atoms with Crippen molar-refractivity contribution in [1.82, 2.24) is 25.1 Å². The van der Waals surface area contributed by atoms with Crippen LogP contribution in [-0.2, 0) is 0 Å². The van der Waals surface area contributed by atoms with E-state index in [1.165, 1.54) is 25.7 Å². The Hall–Kier alpha value is -1.96. The number of aromatic nitrogens is 4. The minimum absolute atomic E-state index is 0.537. The predicted molar refractivity (Wildman–Crippen MR) is 93.3 cm³/mol. The smallest absolute Gasteiger partial charge is 0.336 e. The van der Waals surface area contributed by atoms with Gasteiger partial charge in [-0.15, -0.1) is 4.68 Å². The van der Waals surface area contributed by atoms with Crippen LogP contribution in [0.1, 0.15) is 38.5 Å². The van der Waals surface area contributed by atoms with Gasteiger partial charge in [0.1, 0.15) is 0 Å². The fourth-order valence-electron chi connectivity index (χ4n) is 3.11. The second kappa shape index (κ2) is 7.74. The lowest BCUT2D eigenvalue weighted by Crippen LogP contribution is -2.38. The molecule has 1 aromatic carbocycles. The maximum Gasteiger partial charge on any atom is 0.377 e. The lowest BCUT2D eigenvalue weighted by Gasteiger charge is -2.08. The number of carbonyl (C=O) groups excluding carboxylic acids is 1. The summed E-state index contributed by atoms with van der Waals surface area (Å²) < 4.78 is 2.56. The zero-order chi connectivity index (χ0) is 16.9. The van der Waals surface area contributed by atoms with Crippen LogP contribution >= 0.6 is 15.9 Å². The summed E-state index contributed by atoms with van der Waals surface area (Å²) in [6, 6.07) is 6.60. The number of carbonyl (C=O) groups is 1. The largest absolute Gasteiger partial charge is 0.377 e. The van der Waals surface area contributed by atoms with Gasteiger partial charge in [-0.05, 0) is 57.2 Å². The standard InChI is InChI=1S/C16H20BrN5O2/c17-13-9-3-4-10-14(13)21-16(24)22(20-19-21)15(23)18-11-5-8-12-6-1-2-7-12/h3-4,9-10,12H,1-2,5-8,11H2,(H,18,23). The molecule has 0 spiro atoms. The Morgan fingerprint density at radius 1 is 1.25 bits per heavy atom. The summed E-state index contributed by atoms with van der Waals surface area (Å²) in [5.74, 6) is 0.793. The molecule has 1 N–H and O–H groups in total. The van der Waals surface area contributed by atoms with Gasteiger partial charge in [0.2, 0.25) is 0 Å². The molecule has 1 aliphatic rings. The SMILES string of the molecule is O=C(NCCCC1CCCC1)n1nnn(-c2ccccc2Br)c1=O. The number of nitrogens with one attached hydrogen (secondary N) is 1. The Balaban J connectivity index is 1.59. The topological polar surface area (TPSA) is 81.8 Å². The first-order valence-electron chi connectivity index (χ1n) is 8.25. The molecule has 0 atom stereocenters. The molecule has 0 radical (unpaired) electrons. The molecule has 8 heteroatoms. The van der Waals surface area contributed by atoms with Gasteiger partial charge in [-0.25, -0.2) is 9.59 Å². The van der Waals surface area contributed by atoms with E-state index in [1.54, 1.807) is 18.2 Å². The Morgan fingerprint density at radius 3 is 2.75 bits per heavy atom.